The Kier molecular flexibility index (Phi) is 19.2. The summed E-state index contributed by atoms with van der Waals surface area (Å²) < 4.78 is 0. The summed E-state index contributed by atoms with van der Waals surface area (Å²) in [5.74, 6) is -1.16. The number of hydrogen-bond donors (Lipinski definition) is 3. The van der Waals surface area contributed by atoms with Gasteiger partial charge in [-0.2, -0.15) is 0 Å². The number of hydroxylamine groups is 6. The van der Waals surface area contributed by atoms with Crippen molar-refractivity contribution in [3.05, 3.63) is 0 Å². The molecule has 0 bridgehead atoms. The molecule has 0 aromatic heterocycles. The predicted octanol–water partition coefficient (Wildman–Crippen LogP) is 1.26. The molecule has 0 saturated carbocycles. The molecular weight excluding hydrogens is 362 g/mol. The van der Waals surface area contributed by atoms with Gasteiger partial charge in [0.2, 0.25) is 17.7 Å². The molecule has 0 aliphatic heterocycles. The van der Waals surface area contributed by atoms with Crippen LogP contribution in [0.15, 0.2) is 0 Å². The van der Waals surface area contributed by atoms with E-state index < -0.39 is 11.8 Å². The van der Waals surface area contributed by atoms with Crippen LogP contribution in [0.3, 0.4) is 0 Å². The van der Waals surface area contributed by atoms with E-state index in [0.29, 0.717) is 41.1 Å². The average molecular weight is 391 g/mol. The molecule has 9 nitrogen and oxygen atoms in total. The summed E-state index contributed by atoms with van der Waals surface area (Å²) >= 11 is 0. The van der Waals surface area contributed by atoms with Gasteiger partial charge in [-0.15, -0.1) is 0 Å². The number of carbonyl (C=O) groups is 3. The van der Waals surface area contributed by atoms with Crippen LogP contribution in [0.25, 0.3) is 0 Å². The average Bonchev–Trinajstić information content (AvgIpc) is 2.47. The molecule has 0 unspecified atom stereocenters. The molecule has 0 radical (unpaired) electrons. The van der Waals surface area contributed by atoms with Crippen molar-refractivity contribution in [1.29, 1.82) is 0 Å². The number of carbonyl (C=O) groups excluding carboxylic acids is 3. The topological polar surface area (TPSA) is 122 Å². The minimum Gasteiger partial charge on any atom is -0.286 e. The summed E-state index contributed by atoms with van der Waals surface area (Å²) in [4.78, 5) is 32.0. The van der Waals surface area contributed by atoms with Gasteiger partial charge in [-0.1, -0.05) is 13.8 Å². The van der Waals surface area contributed by atoms with E-state index in [1.165, 1.54) is 13.8 Å². The van der Waals surface area contributed by atoms with Crippen LogP contribution in [0, 0.1) is 0 Å². The summed E-state index contributed by atoms with van der Waals surface area (Å²) in [5.41, 5.74) is 0. The predicted molar refractivity (Wildman–Crippen MR) is 81.7 cm³/mol. The summed E-state index contributed by atoms with van der Waals surface area (Å²) in [6, 6.07) is 0. The fourth-order valence-electron chi connectivity index (χ4n) is 1.37. The van der Waals surface area contributed by atoms with Crippen LogP contribution in [0.1, 0.15) is 53.4 Å². The van der Waals surface area contributed by atoms with Gasteiger partial charge >= 0.3 is 0 Å². The van der Waals surface area contributed by atoms with Crippen molar-refractivity contribution in [1.82, 2.24) is 15.2 Å². The molecule has 10 heteroatoms. The molecule has 0 atom stereocenters. The van der Waals surface area contributed by atoms with E-state index in [0.717, 1.165) is 6.42 Å². The monoisotopic (exact) mass is 391 g/mol. The van der Waals surface area contributed by atoms with Gasteiger partial charge in [-0.25, -0.2) is 15.2 Å². The molecule has 0 saturated heterocycles. The second kappa shape index (κ2) is 16.7. The first-order valence-corrected chi connectivity index (χ1v) is 7.60. The standard InChI is InChI=1S/C9H18N2O4.C5H11NO2.Fe/c1-3-6-11(15)9(13)5-4-7-10(14)8(2)12;1-3-4-6(8)5(2)7;/h14-15H,3-7H2,1-2H3;8H,3-4H2,1-2H3;. The Morgan fingerprint density at radius 3 is 1.46 bits per heavy atom. The van der Waals surface area contributed by atoms with E-state index in [9.17, 15) is 14.4 Å². The van der Waals surface area contributed by atoms with Crippen molar-refractivity contribution >= 4 is 17.7 Å². The van der Waals surface area contributed by atoms with Crippen molar-refractivity contribution in [3.63, 3.8) is 0 Å². The second-order valence-corrected chi connectivity index (χ2v) is 4.90. The van der Waals surface area contributed by atoms with Gasteiger partial charge < -0.3 is 0 Å². The number of amides is 3. The van der Waals surface area contributed by atoms with Crippen LogP contribution in [0.4, 0.5) is 0 Å². The van der Waals surface area contributed by atoms with Gasteiger partial charge in [-0.05, 0) is 19.3 Å². The van der Waals surface area contributed by atoms with Crippen molar-refractivity contribution in [2.45, 2.75) is 53.4 Å². The van der Waals surface area contributed by atoms with Crippen LogP contribution < -0.4 is 0 Å². The van der Waals surface area contributed by atoms with Crippen LogP contribution in [0.5, 0.6) is 0 Å². The minimum atomic E-state index is -0.461. The van der Waals surface area contributed by atoms with Crippen molar-refractivity contribution < 1.29 is 47.1 Å². The molecule has 0 rings (SSSR count). The number of hydrogen-bond acceptors (Lipinski definition) is 6. The summed E-state index contributed by atoms with van der Waals surface area (Å²) in [6.07, 6.45) is 1.91. The summed E-state index contributed by atoms with van der Waals surface area (Å²) in [5, 5.41) is 28.6. The molecule has 24 heavy (non-hydrogen) atoms. The Balaban J connectivity index is -0.000000419. The van der Waals surface area contributed by atoms with Crippen molar-refractivity contribution in [2.24, 2.45) is 0 Å². The molecule has 144 valence electrons. The van der Waals surface area contributed by atoms with Crippen LogP contribution in [-0.4, -0.2) is 68.2 Å². The minimum absolute atomic E-state index is 0. The maximum Gasteiger partial charge on any atom is 0.245 e. The first-order valence-electron chi connectivity index (χ1n) is 7.60. The molecular formula is C14H29FeN3O6. The van der Waals surface area contributed by atoms with Crippen LogP contribution in [0.2, 0.25) is 0 Å². The molecule has 0 aliphatic rings. The molecule has 0 spiro atoms. The number of nitrogens with zero attached hydrogens (tertiary/aromatic N) is 3. The molecule has 0 aromatic rings. The van der Waals surface area contributed by atoms with Crippen molar-refractivity contribution in [3.8, 4) is 0 Å². The Bertz CT molecular complexity index is 370. The third-order valence-corrected chi connectivity index (χ3v) is 2.65. The van der Waals surface area contributed by atoms with Gasteiger partial charge in [0.1, 0.15) is 0 Å². The fraction of sp³-hybridized carbons (Fsp3) is 0.786. The zero-order valence-electron chi connectivity index (χ0n) is 14.7. The van der Waals surface area contributed by atoms with E-state index in [4.69, 9.17) is 15.6 Å². The zero-order chi connectivity index (χ0) is 18.4. The van der Waals surface area contributed by atoms with Crippen molar-refractivity contribution in [2.75, 3.05) is 19.6 Å². The van der Waals surface area contributed by atoms with Gasteiger partial charge in [-0.3, -0.25) is 30.0 Å². The zero-order valence-corrected chi connectivity index (χ0v) is 15.8. The van der Waals surface area contributed by atoms with E-state index in [-0.39, 0.29) is 35.9 Å². The van der Waals surface area contributed by atoms with Gasteiger partial charge in [0.25, 0.3) is 0 Å². The first kappa shape index (κ1) is 27.6. The smallest absolute Gasteiger partial charge is 0.245 e. The third-order valence-electron chi connectivity index (χ3n) is 2.65. The molecule has 0 heterocycles. The Hall–Kier alpha value is -1.19. The molecule has 0 fully saturated rings. The van der Waals surface area contributed by atoms with Gasteiger partial charge in [0.05, 0.1) is 0 Å². The molecule has 0 aromatic carbocycles. The molecule has 0 aliphatic carbocycles. The molecule has 3 amide bonds. The largest absolute Gasteiger partial charge is 0.286 e. The van der Waals surface area contributed by atoms with E-state index in [1.54, 1.807) is 0 Å². The Morgan fingerprint density at radius 2 is 1.12 bits per heavy atom. The van der Waals surface area contributed by atoms with Crippen LogP contribution >= 0.6 is 0 Å². The maximum absolute atomic E-state index is 11.2. The van der Waals surface area contributed by atoms with E-state index in [1.807, 2.05) is 13.8 Å². The quantitative estimate of drug-likeness (QED) is 0.325. The van der Waals surface area contributed by atoms with Gasteiger partial charge in [0, 0.05) is 57.0 Å². The third kappa shape index (κ3) is 15.7. The summed E-state index contributed by atoms with van der Waals surface area (Å²) in [7, 11) is 0. The SMILES string of the molecule is CCCN(O)C(=O)CCCN(O)C(C)=O.CCCN(O)C(C)=O.[Fe]. The summed E-state index contributed by atoms with van der Waals surface area (Å²) in [6.45, 7) is 7.13. The van der Waals surface area contributed by atoms with Crippen LogP contribution in [-0.2, 0) is 31.5 Å². The number of rotatable bonds is 8. The first-order chi connectivity index (χ1) is 10.7. The molecule has 3 N–H and O–H groups in total. The normalized spacial score (nSPS) is 9.12. The second-order valence-electron chi connectivity index (χ2n) is 4.90. The van der Waals surface area contributed by atoms with E-state index >= 15 is 0 Å². The van der Waals surface area contributed by atoms with Gasteiger partial charge in [0.15, 0.2) is 0 Å². The Labute approximate surface area is 153 Å². The van der Waals surface area contributed by atoms with E-state index in [2.05, 4.69) is 0 Å². The Morgan fingerprint density at radius 1 is 0.750 bits per heavy atom. The maximum atomic E-state index is 11.2. The fourth-order valence-corrected chi connectivity index (χ4v) is 1.37.